The van der Waals surface area contributed by atoms with Gasteiger partial charge in [0.2, 0.25) is 0 Å². The summed E-state index contributed by atoms with van der Waals surface area (Å²) in [5.41, 5.74) is -3.98. The third-order valence-corrected chi connectivity index (χ3v) is 12.4. The van der Waals surface area contributed by atoms with E-state index in [2.05, 4.69) is 6.92 Å². The lowest BCUT2D eigenvalue weighted by Crippen LogP contribution is -2.78. The molecule has 0 unspecified atom stereocenters. The molecule has 0 aromatic heterocycles. The van der Waals surface area contributed by atoms with E-state index in [4.69, 9.17) is 9.47 Å². The van der Waals surface area contributed by atoms with E-state index in [0.717, 1.165) is 22.3 Å². The molecule has 8 nitrogen and oxygen atoms in total. The van der Waals surface area contributed by atoms with Gasteiger partial charge >= 0.3 is 11.9 Å². The third-order valence-electron chi connectivity index (χ3n) is 12.4. The minimum atomic E-state index is -1.99. The molecule has 1 aromatic carbocycles. The zero-order valence-electron chi connectivity index (χ0n) is 28.3. The Labute approximate surface area is 272 Å². The largest absolute Gasteiger partial charge is 0.459 e. The number of allylic oxidation sites excluding steroid dienone is 1. The second kappa shape index (κ2) is 11.9. The Morgan fingerprint density at radius 1 is 1.00 bits per heavy atom. The van der Waals surface area contributed by atoms with Crippen LogP contribution in [0.15, 0.2) is 53.6 Å². The highest BCUT2D eigenvalue weighted by Crippen LogP contribution is 2.71. The molecule has 0 heterocycles. The van der Waals surface area contributed by atoms with E-state index < -0.39 is 57.4 Å². The maximum atomic E-state index is 13.3. The average Bonchev–Trinajstić information content (AvgIpc) is 3.22. The van der Waals surface area contributed by atoms with Crippen molar-refractivity contribution < 1.29 is 39.2 Å². The number of hydrogen-bond donors (Lipinski definition) is 3. The van der Waals surface area contributed by atoms with Crippen molar-refractivity contribution in [2.24, 2.45) is 22.7 Å². The topological polar surface area (TPSA) is 130 Å². The number of Topliss-reactive ketones (excluding diaryl/α,β-unsaturated/α-hetero) is 1. The highest BCUT2D eigenvalue weighted by molar-refractivity contribution is 5.88. The van der Waals surface area contributed by atoms with Gasteiger partial charge in [-0.1, -0.05) is 67.8 Å². The number of ether oxygens (including phenoxy) is 2. The van der Waals surface area contributed by atoms with Gasteiger partial charge in [-0.25, -0.2) is 9.59 Å². The summed E-state index contributed by atoms with van der Waals surface area (Å²) in [6.07, 6.45) is 6.97. The van der Waals surface area contributed by atoms with Gasteiger partial charge in [0, 0.05) is 24.5 Å². The van der Waals surface area contributed by atoms with Crippen LogP contribution in [-0.2, 0) is 23.9 Å². The summed E-state index contributed by atoms with van der Waals surface area (Å²) in [7, 11) is 0. The van der Waals surface area contributed by atoms with Gasteiger partial charge in [-0.2, -0.15) is 0 Å². The number of hydrogen-bond acceptors (Lipinski definition) is 8. The number of fused-ring (bicyclic) bond motifs is 5. The number of aryl methyl sites for hydroxylation is 1. The van der Waals surface area contributed by atoms with Crippen molar-refractivity contribution in [1.29, 1.82) is 0 Å². The van der Waals surface area contributed by atoms with Crippen LogP contribution in [0.5, 0.6) is 0 Å². The Bertz CT molecular complexity index is 1510. The molecule has 0 spiro atoms. The fourth-order valence-corrected chi connectivity index (χ4v) is 9.13. The van der Waals surface area contributed by atoms with Crippen molar-refractivity contribution in [3.05, 3.63) is 64.8 Å². The van der Waals surface area contributed by atoms with Crippen LogP contribution in [0, 0.1) is 29.6 Å². The Balaban J connectivity index is 1.44. The standard InChI is InChI=1S/C38H50O8/c1-23(2)25(4)20-33(41)46-31-22-30-34(6)15-14-29(45-32(40)12-11-27-10-8-9-24(3)19-27)21-28(34)13-16-37(30,43)38(44)18-17-36(42,26(5)39)35(31,38)7/h8-13,19-20,23,29-31,42-44H,14-18,21-22H2,1-7H3/b12-11+,25-20+/t29-,30+,31+,34-,35+,36+,37-,38+/m0/s1. The molecule has 0 saturated heterocycles. The molecule has 8 atom stereocenters. The molecule has 3 N–H and O–H groups in total. The van der Waals surface area contributed by atoms with Crippen LogP contribution in [0.3, 0.4) is 0 Å². The lowest BCUT2D eigenvalue weighted by molar-refractivity contribution is -0.314. The number of carbonyl (C=O) groups is 3. The van der Waals surface area contributed by atoms with Crippen LogP contribution in [0.1, 0.15) is 97.6 Å². The predicted molar refractivity (Wildman–Crippen MR) is 174 cm³/mol. The quantitative estimate of drug-likeness (QED) is 0.202. The molecule has 0 amide bonds. The molecule has 1 aromatic rings. The van der Waals surface area contributed by atoms with Crippen LogP contribution in [0.25, 0.3) is 6.08 Å². The molecule has 0 radical (unpaired) electrons. The number of benzene rings is 1. The summed E-state index contributed by atoms with van der Waals surface area (Å²) < 4.78 is 12.0. The van der Waals surface area contributed by atoms with Crippen molar-refractivity contribution in [3.8, 4) is 0 Å². The van der Waals surface area contributed by atoms with E-state index in [1.165, 1.54) is 19.1 Å². The smallest absolute Gasteiger partial charge is 0.331 e. The van der Waals surface area contributed by atoms with Crippen molar-refractivity contribution >= 4 is 23.8 Å². The van der Waals surface area contributed by atoms with Gasteiger partial charge in [-0.3, -0.25) is 4.79 Å². The molecule has 8 heteroatoms. The second-order valence-corrected chi connectivity index (χ2v) is 15.1. The molecule has 250 valence electrons. The van der Waals surface area contributed by atoms with Crippen molar-refractivity contribution in [3.63, 3.8) is 0 Å². The molecule has 4 aliphatic rings. The fourth-order valence-electron chi connectivity index (χ4n) is 9.13. The zero-order valence-corrected chi connectivity index (χ0v) is 28.3. The number of ketones is 1. The minimum Gasteiger partial charge on any atom is -0.459 e. The summed E-state index contributed by atoms with van der Waals surface area (Å²) in [5, 5.41) is 37.1. The first-order valence-electron chi connectivity index (χ1n) is 16.6. The Hall–Kier alpha value is -3.07. The van der Waals surface area contributed by atoms with E-state index in [-0.39, 0.29) is 37.7 Å². The average molecular weight is 635 g/mol. The van der Waals surface area contributed by atoms with Crippen LogP contribution in [0.4, 0.5) is 0 Å². The molecular formula is C38H50O8. The Morgan fingerprint density at radius 3 is 2.37 bits per heavy atom. The number of esters is 2. The summed E-state index contributed by atoms with van der Waals surface area (Å²) in [5.74, 6) is -1.98. The highest BCUT2D eigenvalue weighted by atomic mass is 16.6. The van der Waals surface area contributed by atoms with E-state index in [1.54, 1.807) is 13.0 Å². The van der Waals surface area contributed by atoms with Crippen LogP contribution < -0.4 is 0 Å². The summed E-state index contributed by atoms with van der Waals surface area (Å²) in [6, 6.07) is 7.84. The SMILES string of the molecule is CC(=O)[C@]1(O)CC[C@@]2(O)[C@]1(C)[C@H](OC(=O)/C=C(\C)C(C)C)C[C@@H]1[C@@]3(C)CC[C@H](OC(=O)/C=C/c4cccc(C)c4)CC3=CC[C@]12O. The molecule has 4 aliphatic carbocycles. The van der Waals surface area contributed by atoms with Gasteiger partial charge in [0.25, 0.3) is 0 Å². The normalized spacial score (nSPS) is 38.9. The third kappa shape index (κ3) is 5.21. The number of rotatable bonds is 7. The molecule has 0 bridgehead atoms. The summed E-state index contributed by atoms with van der Waals surface area (Å²) in [4.78, 5) is 39.1. The van der Waals surface area contributed by atoms with E-state index in [0.29, 0.717) is 19.3 Å². The van der Waals surface area contributed by atoms with Gasteiger partial charge in [-0.15, -0.1) is 0 Å². The first-order valence-corrected chi connectivity index (χ1v) is 16.6. The first-order chi connectivity index (χ1) is 21.4. The van der Waals surface area contributed by atoms with Gasteiger partial charge in [0.15, 0.2) is 5.78 Å². The first kappa shape index (κ1) is 34.3. The Kier molecular flexibility index (Phi) is 8.84. The van der Waals surface area contributed by atoms with Crippen LogP contribution >= 0.6 is 0 Å². The predicted octanol–water partition coefficient (Wildman–Crippen LogP) is 5.56. The van der Waals surface area contributed by atoms with Gasteiger partial charge in [0.05, 0.1) is 5.41 Å². The molecule has 46 heavy (non-hydrogen) atoms. The zero-order chi connectivity index (χ0) is 33.9. The van der Waals surface area contributed by atoms with Gasteiger partial charge in [0.1, 0.15) is 29.0 Å². The minimum absolute atomic E-state index is 0.0196. The summed E-state index contributed by atoms with van der Waals surface area (Å²) >= 11 is 0. The number of aliphatic hydroxyl groups is 3. The lowest BCUT2D eigenvalue weighted by atomic mass is 9.42. The fraction of sp³-hybridized carbons (Fsp3) is 0.605. The molecule has 3 saturated carbocycles. The van der Waals surface area contributed by atoms with Crippen LogP contribution in [0.2, 0.25) is 0 Å². The molecular weight excluding hydrogens is 584 g/mol. The summed E-state index contributed by atoms with van der Waals surface area (Å²) in [6.45, 7) is 12.7. The van der Waals surface area contributed by atoms with Crippen LogP contribution in [-0.4, -0.2) is 62.1 Å². The van der Waals surface area contributed by atoms with Gasteiger partial charge in [-0.05, 0) is 89.2 Å². The van der Waals surface area contributed by atoms with Gasteiger partial charge < -0.3 is 24.8 Å². The lowest BCUT2D eigenvalue weighted by Gasteiger charge is -2.67. The second-order valence-electron chi connectivity index (χ2n) is 15.1. The van der Waals surface area contributed by atoms with E-state index >= 15 is 0 Å². The molecule has 5 rings (SSSR count). The number of carbonyl (C=O) groups excluding carboxylic acids is 3. The molecule has 3 fully saturated rings. The van der Waals surface area contributed by atoms with E-state index in [9.17, 15) is 29.7 Å². The molecule has 0 aliphatic heterocycles. The highest BCUT2D eigenvalue weighted by Gasteiger charge is 2.81. The van der Waals surface area contributed by atoms with Crippen molar-refractivity contribution in [1.82, 2.24) is 0 Å². The maximum absolute atomic E-state index is 13.3. The van der Waals surface area contributed by atoms with E-state index in [1.807, 2.05) is 58.0 Å². The van der Waals surface area contributed by atoms with Crippen molar-refractivity contribution in [2.75, 3.05) is 0 Å². The monoisotopic (exact) mass is 634 g/mol. The Morgan fingerprint density at radius 2 is 1.72 bits per heavy atom. The van der Waals surface area contributed by atoms with Crippen molar-refractivity contribution in [2.45, 2.75) is 122 Å². The maximum Gasteiger partial charge on any atom is 0.331 e.